The second kappa shape index (κ2) is 4.36. The molecule has 0 radical (unpaired) electrons. The van der Waals surface area contributed by atoms with Crippen molar-refractivity contribution in [2.24, 2.45) is 0 Å². The second-order valence-corrected chi connectivity index (χ2v) is 4.13. The Morgan fingerprint density at radius 2 is 2.12 bits per heavy atom. The van der Waals surface area contributed by atoms with Crippen LogP contribution in [0.3, 0.4) is 0 Å². The molecule has 1 aliphatic rings. The number of fused-ring (bicyclic) bond motifs is 1. The number of aryl methyl sites for hydroxylation is 1. The molecule has 1 heterocycles. The quantitative estimate of drug-likeness (QED) is 0.753. The summed E-state index contributed by atoms with van der Waals surface area (Å²) in [5.41, 5.74) is 2.13. The van der Waals surface area contributed by atoms with Crippen molar-refractivity contribution in [2.45, 2.75) is 26.2 Å². The minimum absolute atomic E-state index is 0.278. The first-order chi connectivity index (χ1) is 7.59. The zero-order chi connectivity index (χ0) is 11.7. The predicted molar refractivity (Wildman–Crippen MR) is 57.7 cm³/mol. The number of hydrogen-bond donors (Lipinski definition) is 0. The van der Waals surface area contributed by atoms with Crippen molar-refractivity contribution in [3.8, 4) is 0 Å². The van der Waals surface area contributed by atoms with E-state index in [9.17, 15) is 13.2 Å². The Morgan fingerprint density at radius 3 is 2.81 bits per heavy atom. The SMILES string of the molecule is Cc1ccc(F)c2c1N(CC(F)F)CCC2. The fourth-order valence-corrected chi connectivity index (χ4v) is 2.31. The van der Waals surface area contributed by atoms with Gasteiger partial charge in [-0.1, -0.05) is 6.07 Å². The van der Waals surface area contributed by atoms with Crippen molar-refractivity contribution in [2.75, 3.05) is 18.0 Å². The number of rotatable bonds is 2. The van der Waals surface area contributed by atoms with Crippen LogP contribution in [0.5, 0.6) is 0 Å². The Labute approximate surface area is 92.9 Å². The third-order valence-corrected chi connectivity index (χ3v) is 2.96. The van der Waals surface area contributed by atoms with E-state index in [1.165, 1.54) is 6.07 Å². The van der Waals surface area contributed by atoms with E-state index in [0.29, 0.717) is 24.2 Å². The molecule has 0 bridgehead atoms. The molecule has 0 saturated carbocycles. The summed E-state index contributed by atoms with van der Waals surface area (Å²) in [7, 11) is 0. The Hall–Kier alpha value is -1.19. The Kier molecular flexibility index (Phi) is 3.08. The minimum Gasteiger partial charge on any atom is -0.365 e. The highest BCUT2D eigenvalue weighted by molar-refractivity contribution is 5.61. The predicted octanol–water partition coefficient (Wildman–Crippen LogP) is 3.15. The molecule has 1 aromatic rings. The van der Waals surface area contributed by atoms with Gasteiger partial charge < -0.3 is 4.90 Å². The van der Waals surface area contributed by atoms with Gasteiger partial charge in [-0.3, -0.25) is 0 Å². The maximum absolute atomic E-state index is 13.5. The summed E-state index contributed by atoms with van der Waals surface area (Å²) in [4.78, 5) is 1.60. The van der Waals surface area contributed by atoms with Crippen LogP contribution in [0.15, 0.2) is 12.1 Å². The van der Waals surface area contributed by atoms with Crippen LogP contribution < -0.4 is 4.90 Å². The van der Waals surface area contributed by atoms with Crippen molar-refractivity contribution < 1.29 is 13.2 Å². The van der Waals surface area contributed by atoms with Gasteiger partial charge in [0.2, 0.25) is 0 Å². The monoisotopic (exact) mass is 229 g/mol. The van der Waals surface area contributed by atoms with E-state index in [4.69, 9.17) is 0 Å². The molecule has 16 heavy (non-hydrogen) atoms. The van der Waals surface area contributed by atoms with Gasteiger partial charge in [-0.15, -0.1) is 0 Å². The third-order valence-electron chi connectivity index (χ3n) is 2.96. The number of nitrogens with zero attached hydrogens (tertiary/aromatic N) is 1. The molecule has 1 aromatic carbocycles. The van der Waals surface area contributed by atoms with Crippen LogP contribution in [-0.4, -0.2) is 19.5 Å². The van der Waals surface area contributed by atoms with Gasteiger partial charge in [0.15, 0.2) is 0 Å². The Morgan fingerprint density at radius 1 is 1.38 bits per heavy atom. The first-order valence-corrected chi connectivity index (χ1v) is 5.40. The molecular weight excluding hydrogens is 215 g/mol. The van der Waals surface area contributed by atoms with Crippen molar-refractivity contribution in [1.82, 2.24) is 0 Å². The van der Waals surface area contributed by atoms with Crippen molar-refractivity contribution in [1.29, 1.82) is 0 Å². The first-order valence-electron chi connectivity index (χ1n) is 5.40. The molecule has 0 N–H and O–H groups in total. The van der Waals surface area contributed by atoms with Crippen LogP contribution >= 0.6 is 0 Å². The molecule has 0 spiro atoms. The van der Waals surface area contributed by atoms with Crippen molar-refractivity contribution >= 4 is 5.69 Å². The second-order valence-electron chi connectivity index (χ2n) is 4.13. The number of halogens is 3. The molecular formula is C12H14F3N. The summed E-state index contributed by atoms with van der Waals surface area (Å²) < 4.78 is 38.4. The zero-order valence-corrected chi connectivity index (χ0v) is 9.14. The molecule has 0 aliphatic carbocycles. The van der Waals surface area contributed by atoms with E-state index in [1.54, 1.807) is 11.0 Å². The fraction of sp³-hybridized carbons (Fsp3) is 0.500. The van der Waals surface area contributed by atoms with Gasteiger partial charge in [0.25, 0.3) is 6.43 Å². The maximum Gasteiger partial charge on any atom is 0.255 e. The number of benzene rings is 1. The highest BCUT2D eigenvalue weighted by atomic mass is 19.3. The van der Waals surface area contributed by atoms with Gasteiger partial charge in [-0.2, -0.15) is 0 Å². The van der Waals surface area contributed by atoms with Gasteiger partial charge in [-0.05, 0) is 31.4 Å². The highest BCUT2D eigenvalue weighted by Gasteiger charge is 2.23. The summed E-state index contributed by atoms with van der Waals surface area (Å²) in [6.07, 6.45) is -1.00. The standard InChI is InChI=1S/C12H14F3N/c1-8-4-5-10(13)9-3-2-6-16(12(8)9)7-11(14)15/h4-5,11H,2-3,6-7H2,1H3. The third kappa shape index (κ3) is 2.01. The van der Waals surface area contributed by atoms with Crippen LogP contribution in [0, 0.1) is 12.7 Å². The topological polar surface area (TPSA) is 3.24 Å². The first kappa shape index (κ1) is 11.3. The van der Waals surface area contributed by atoms with Crippen molar-refractivity contribution in [3.05, 3.63) is 29.1 Å². The smallest absolute Gasteiger partial charge is 0.255 e. The van der Waals surface area contributed by atoms with Crippen LogP contribution in [0.4, 0.5) is 18.9 Å². The summed E-state index contributed by atoms with van der Waals surface area (Å²) in [6.45, 7) is 2.11. The average Bonchev–Trinajstić information content (AvgIpc) is 2.23. The summed E-state index contributed by atoms with van der Waals surface area (Å²) in [6, 6.07) is 3.07. The molecule has 4 heteroatoms. The van der Waals surface area contributed by atoms with Gasteiger partial charge in [0.1, 0.15) is 5.82 Å². The van der Waals surface area contributed by atoms with E-state index in [0.717, 1.165) is 12.0 Å². The van der Waals surface area contributed by atoms with Crippen LogP contribution in [-0.2, 0) is 6.42 Å². The molecule has 0 aromatic heterocycles. The number of hydrogen-bond acceptors (Lipinski definition) is 1. The summed E-state index contributed by atoms with van der Waals surface area (Å²) in [5, 5.41) is 0. The van der Waals surface area contributed by atoms with E-state index < -0.39 is 6.43 Å². The molecule has 0 saturated heterocycles. The molecule has 2 rings (SSSR count). The van der Waals surface area contributed by atoms with Gasteiger partial charge in [0, 0.05) is 17.8 Å². The lowest BCUT2D eigenvalue weighted by Gasteiger charge is -2.32. The van der Waals surface area contributed by atoms with E-state index in [-0.39, 0.29) is 12.4 Å². The lowest BCUT2D eigenvalue weighted by atomic mass is 9.97. The van der Waals surface area contributed by atoms with E-state index >= 15 is 0 Å². The van der Waals surface area contributed by atoms with Crippen molar-refractivity contribution in [3.63, 3.8) is 0 Å². The normalized spacial score (nSPS) is 15.4. The van der Waals surface area contributed by atoms with Gasteiger partial charge in [0.05, 0.1) is 6.54 Å². The number of alkyl halides is 2. The van der Waals surface area contributed by atoms with Crippen LogP contribution in [0.1, 0.15) is 17.5 Å². The molecule has 1 aliphatic heterocycles. The Balaban J connectivity index is 2.40. The van der Waals surface area contributed by atoms with E-state index in [2.05, 4.69) is 0 Å². The zero-order valence-electron chi connectivity index (χ0n) is 9.14. The number of anilines is 1. The summed E-state index contributed by atoms with van der Waals surface area (Å²) >= 11 is 0. The molecule has 0 fully saturated rings. The van der Waals surface area contributed by atoms with Crippen LogP contribution in [0.25, 0.3) is 0 Å². The Bertz CT molecular complexity index is 390. The average molecular weight is 229 g/mol. The minimum atomic E-state index is -2.38. The lowest BCUT2D eigenvalue weighted by Crippen LogP contribution is -2.34. The fourth-order valence-electron chi connectivity index (χ4n) is 2.31. The largest absolute Gasteiger partial charge is 0.365 e. The van der Waals surface area contributed by atoms with Gasteiger partial charge >= 0.3 is 0 Å². The maximum atomic E-state index is 13.5. The lowest BCUT2D eigenvalue weighted by molar-refractivity contribution is 0.154. The van der Waals surface area contributed by atoms with E-state index in [1.807, 2.05) is 6.92 Å². The van der Waals surface area contributed by atoms with Gasteiger partial charge in [-0.25, -0.2) is 13.2 Å². The molecule has 0 atom stereocenters. The molecule has 0 unspecified atom stereocenters. The van der Waals surface area contributed by atoms with Crippen LogP contribution in [0.2, 0.25) is 0 Å². The molecule has 0 amide bonds. The molecule has 1 nitrogen and oxygen atoms in total. The summed E-state index contributed by atoms with van der Waals surface area (Å²) in [5.74, 6) is -0.278. The molecule has 88 valence electrons. The highest BCUT2D eigenvalue weighted by Crippen LogP contribution is 2.32.